The minimum Gasteiger partial charge on any atom is -0.444 e. The van der Waals surface area contributed by atoms with Crippen molar-refractivity contribution in [2.45, 2.75) is 65.0 Å². The normalized spacial score (nSPS) is 21.6. The first-order valence-electron chi connectivity index (χ1n) is 11.4. The highest BCUT2D eigenvalue weighted by atomic mass is 16.6. The summed E-state index contributed by atoms with van der Waals surface area (Å²) in [5.41, 5.74) is 2.86. The van der Waals surface area contributed by atoms with Gasteiger partial charge in [0, 0.05) is 43.3 Å². The molecule has 168 valence electrons. The van der Waals surface area contributed by atoms with Crippen molar-refractivity contribution in [2.75, 3.05) is 20.1 Å². The number of pyridine rings is 1. The predicted molar refractivity (Wildman–Crippen MR) is 120 cm³/mol. The smallest absolute Gasteiger partial charge is 0.410 e. The van der Waals surface area contributed by atoms with E-state index in [2.05, 4.69) is 16.0 Å². The van der Waals surface area contributed by atoms with Gasteiger partial charge in [-0.3, -0.25) is 4.79 Å². The van der Waals surface area contributed by atoms with Crippen molar-refractivity contribution < 1.29 is 14.3 Å². The van der Waals surface area contributed by atoms with Crippen LogP contribution in [-0.2, 0) is 22.5 Å². The summed E-state index contributed by atoms with van der Waals surface area (Å²) >= 11 is 0. The molecule has 1 aliphatic heterocycles. The predicted octanol–water partition coefficient (Wildman–Crippen LogP) is 4.12. The molecule has 0 saturated heterocycles. The number of rotatable bonds is 3. The number of carbonyl (C=O) groups is 2. The fourth-order valence-electron chi connectivity index (χ4n) is 4.91. The third-order valence-corrected chi connectivity index (χ3v) is 6.49. The third kappa shape index (κ3) is 4.86. The molecular formula is C24H34N4O3. The van der Waals surface area contributed by atoms with Gasteiger partial charge in [0.1, 0.15) is 11.2 Å². The van der Waals surface area contributed by atoms with E-state index in [0.717, 1.165) is 50.0 Å². The lowest BCUT2D eigenvalue weighted by molar-refractivity contribution is -0.137. The number of H-pyrrole nitrogens is 1. The van der Waals surface area contributed by atoms with Crippen LogP contribution in [-0.4, -0.2) is 57.5 Å². The van der Waals surface area contributed by atoms with Crippen LogP contribution in [0.5, 0.6) is 0 Å². The fourth-order valence-corrected chi connectivity index (χ4v) is 4.91. The summed E-state index contributed by atoms with van der Waals surface area (Å²) in [5.74, 6) is 0.789. The second-order valence-electron chi connectivity index (χ2n) is 10.1. The maximum Gasteiger partial charge on any atom is 0.410 e. The van der Waals surface area contributed by atoms with Crippen LogP contribution in [0.2, 0.25) is 0 Å². The second-order valence-corrected chi connectivity index (χ2v) is 10.1. The average Bonchev–Trinajstić information content (AvgIpc) is 3.10. The molecule has 2 aromatic rings. The molecule has 31 heavy (non-hydrogen) atoms. The van der Waals surface area contributed by atoms with Crippen molar-refractivity contribution in [1.29, 1.82) is 0 Å². The summed E-state index contributed by atoms with van der Waals surface area (Å²) in [4.78, 5) is 36.9. The molecule has 0 aromatic carbocycles. The van der Waals surface area contributed by atoms with Crippen LogP contribution < -0.4 is 0 Å². The van der Waals surface area contributed by atoms with E-state index >= 15 is 0 Å². The molecule has 0 bridgehead atoms. The van der Waals surface area contributed by atoms with Crippen LogP contribution in [0.1, 0.15) is 57.7 Å². The number of nitrogens with one attached hydrogen (secondary N) is 1. The van der Waals surface area contributed by atoms with Gasteiger partial charge in [0.05, 0.1) is 6.54 Å². The Morgan fingerprint density at radius 3 is 2.71 bits per heavy atom. The molecular weight excluding hydrogens is 392 g/mol. The molecule has 2 amide bonds. The van der Waals surface area contributed by atoms with E-state index in [0.29, 0.717) is 19.0 Å². The zero-order chi connectivity index (χ0) is 22.2. The number of hydrogen-bond acceptors (Lipinski definition) is 4. The van der Waals surface area contributed by atoms with Gasteiger partial charge in [-0.25, -0.2) is 9.78 Å². The summed E-state index contributed by atoms with van der Waals surface area (Å²) in [7, 11) is 1.80. The van der Waals surface area contributed by atoms with Gasteiger partial charge in [0.25, 0.3) is 0 Å². The molecule has 4 rings (SSSR count). The zero-order valence-electron chi connectivity index (χ0n) is 19.1. The van der Waals surface area contributed by atoms with Crippen LogP contribution in [0.15, 0.2) is 18.3 Å². The van der Waals surface area contributed by atoms with Crippen molar-refractivity contribution in [3.63, 3.8) is 0 Å². The molecule has 7 heteroatoms. The number of ether oxygens (including phenoxy) is 1. The highest BCUT2D eigenvalue weighted by Gasteiger charge is 2.33. The zero-order valence-corrected chi connectivity index (χ0v) is 19.1. The first-order chi connectivity index (χ1) is 14.7. The number of carbonyl (C=O) groups excluding carboxylic acids is 2. The van der Waals surface area contributed by atoms with E-state index in [9.17, 15) is 9.59 Å². The Hall–Kier alpha value is -2.57. The Morgan fingerprint density at radius 1 is 1.26 bits per heavy atom. The molecule has 1 aliphatic carbocycles. The fraction of sp³-hybridized carbons (Fsp3) is 0.625. The highest BCUT2D eigenvalue weighted by molar-refractivity contribution is 5.83. The van der Waals surface area contributed by atoms with Crippen molar-refractivity contribution in [2.24, 2.45) is 11.8 Å². The number of fused-ring (bicyclic) bond motifs is 3. The van der Waals surface area contributed by atoms with Gasteiger partial charge in [-0.05, 0) is 76.5 Å². The summed E-state index contributed by atoms with van der Waals surface area (Å²) in [6.45, 7) is 7.74. The van der Waals surface area contributed by atoms with Gasteiger partial charge < -0.3 is 19.5 Å². The molecule has 0 spiro atoms. The number of amides is 2. The van der Waals surface area contributed by atoms with Gasteiger partial charge in [-0.1, -0.05) is 0 Å². The molecule has 2 aromatic heterocycles. The molecule has 1 N–H and O–H groups in total. The Kier molecular flexibility index (Phi) is 5.95. The molecule has 1 fully saturated rings. The lowest BCUT2D eigenvalue weighted by atomic mass is 9.81. The first-order valence-corrected chi connectivity index (χ1v) is 11.4. The number of hydrogen-bond donors (Lipinski definition) is 1. The minimum absolute atomic E-state index is 0.0899. The molecule has 2 aliphatic rings. The summed E-state index contributed by atoms with van der Waals surface area (Å²) in [6, 6.07) is 4.07. The van der Waals surface area contributed by atoms with Gasteiger partial charge in [0.2, 0.25) is 5.91 Å². The van der Waals surface area contributed by atoms with Gasteiger partial charge in [0.15, 0.2) is 0 Å². The maximum atomic E-state index is 13.2. The molecule has 0 unspecified atom stereocenters. The van der Waals surface area contributed by atoms with E-state index in [4.69, 9.17) is 4.74 Å². The van der Waals surface area contributed by atoms with Crippen LogP contribution in [0, 0.1) is 11.8 Å². The van der Waals surface area contributed by atoms with Crippen molar-refractivity contribution in [1.82, 2.24) is 19.8 Å². The maximum absolute atomic E-state index is 13.2. The van der Waals surface area contributed by atoms with E-state index in [-0.39, 0.29) is 17.9 Å². The topological polar surface area (TPSA) is 78.5 Å². The average molecular weight is 427 g/mol. The molecule has 1 saturated carbocycles. The van der Waals surface area contributed by atoms with E-state index in [1.807, 2.05) is 31.7 Å². The number of nitrogens with zero attached hydrogens (tertiary/aromatic N) is 3. The van der Waals surface area contributed by atoms with Crippen LogP contribution in [0.3, 0.4) is 0 Å². The van der Waals surface area contributed by atoms with E-state index < -0.39 is 5.60 Å². The van der Waals surface area contributed by atoms with Crippen molar-refractivity contribution in [3.8, 4) is 0 Å². The lowest BCUT2D eigenvalue weighted by Crippen LogP contribution is -2.42. The Balaban J connectivity index is 1.29. The first kappa shape index (κ1) is 21.7. The third-order valence-electron chi connectivity index (χ3n) is 6.49. The van der Waals surface area contributed by atoms with Crippen molar-refractivity contribution in [3.05, 3.63) is 29.6 Å². The van der Waals surface area contributed by atoms with Crippen LogP contribution in [0.25, 0.3) is 11.0 Å². The van der Waals surface area contributed by atoms with E-state index in [1.165, 1.54) is 10.9 Å². The molecule has 0 atom stereocenters. The highest BCUT2D eigenvalue weighted by Crippen LogP contribution is 2.33. The summed E-state index contributed by atoms with van der Waals surface area (Å²) in [5, 5.41) is 1.18. The summed E-state index contributed by atoms with van der Waals surface area (Å²) in [6.07, 6.45) is 6.13. The largest absolute Gasteiger partial charge is 0.444 e. The number of aromatic nitrogens is 2. The quantitative estimate of drug-likeness (QED) is 0.801. The Morgan fingerprint density at radius 2 is 2.00 bits per heavy atom. The monoisotopic (exact) mass is 426 g/mol. The van der Waals surface area contributed by atoms with Gasteiger partial charge in [-0.15, -0.1) is 0 Å². The van der Waals surface area contributed by atoms with Gasteiger partial charge in [-0.2, -0.15) is 0 Å². The van der Waals surface area contributed by atoms with Crippen molar-refractivity contribution >= 4 is 23.0 Å². The molecule has 0 radical (unpaired) electrons. The SMILES string of the molecule is CN(CC1CCC(C(=O)N2CCc3c([nH]c4ncccc34)C2)CC1)C(=O)OC(C)(C)C. The molecule has 7 nitrogen and oxygen atoms in total. The lowest BCUT2D eigenvalue weighted by Gasteiger charge is -2.35. The van der Waals surface area contributed by atoms with Gasteiger partial charge >= 0.3 is 6.09 Å². The minimum atomic E-state index is -0.481. The number of aromatic amines is 1. The molecule has 3 heterocycles. The second kappa shape index (κ2) is 8.52. The Labute approximate surface area is 184 Å². The Bertz CT molecular complexity index is 953. The van der Waals surface area contributed by atoms with Crippen LogP contribution >= 0.6 is 0 Å². The van der Waals surface area contributed by atoms with Crippen LogP contribution in [0.4, 0.5) is 4.79 Å². The van der Waals surface area contributed by atoms with E-state index in [1.54, 1.807) is 18.1 Å². The standard InChI is InChI=1S/C24H34N4O3/c1-24(2,3)31-23(30)27(4)14-16-7-9-17(10-8-16)22(29)28-13-11-18-19-6-5-12-25-21(19)26-20(18)15-28/h5-6,12,16-17H,7-11,13-15H2,1-4H3,(H,25,26). The summed E-state index contributed by atoms with van der Waals surface area (Å²) < 4.78 is 5.45.